The molecule has 37 heavy (non-hydrogen) atoms. The molecule has 13 heteroatoms. The predicted molar refractivity (Wildman–Crippen MR) is 127 cm³/mol. The number of fused-ring (bicyclic) bond motifs is 1. The Kier molecular flexibility index (Phi) is 7.05. The van der Waals surface area contributed by atoms with Crippen LogP contribution < -0.4 is 4.90 Å². The van der Waals surface area contributed by atoms with Crippen molar-refractivity contribution in [3.63, 3.8) is 0 Å². The third kappa shape index (κ3) is 4.93. The SMILES string of the molecule is Cc1cc(-c2ccc(F)c3c(N4CCC(c5noc(C(F)(F)F)n5)CC4)ncnc23)ccc1C(=O)O.Cl. The van der Waals surface area contributed by atoms with E-state index in [1.807, 2.05) is 4.90 Å². The summed E-state index contributed by atoms with van der Waals surface area (Å²) in [6, 6.07) is 7.76. The van der Waals surface area contributed by atoms with Crippen molar-refractivity contribution < 1.29 is 32.0 Å². The van der Waals surface area contributed by atoms with Gasteiger partial charge in [-0.1, -0.05) is 17.3 Å². The second kappa shape index (κ2) is 9.92. The Morgan fingerprint density at radius 2 is 1.86 bits per heavy atom. The van der Waals surface area contributed by atoms with Gasteiger partial charge in [-0.3, -0.25) is 0 Å². The molecule has 5 rings (SSSR count). The normalized spacial score (nSPS) is 14.6. The highest BCUT2D eigenvalue weighted by Gasteiger charge is 2.39. The molecule has 2 aromatic carbocycles. The molecule has 0 spiro atoms. The summed E-state index contributed by atoms with van der Waals surface area (Å²) in [7, 11) is 0. The van der Waals surface area contributed by atoms with E-state index >= 15 is 4.39 Å². The van der Waals surface area contributed by atoms with E-state index < -0.39 is 23.9 Å². The zero-order chi connectivity index (χ0) is 25.6. The van der Waals surface area contributed by atoms with Gasteiger partial charge in [0, 0.05) is 24.6 Å². The average molecular weight is 538 g/mol. The number of piperidine rings is 1. The van der Waals surface area contributed by atoms with Crippen LogP contribution in [0.2, 0.25) is 0 Å². The van der Waals surface area contributed by atoms with Crippen LogP contribution in [0.25, 0.3) is 22.0 Å². The first-order valence-corrected chi connectivity index (χ1v) is 11.1. The molecule has 3 heterocycles. The molecule has 2 aromatic heterocycles. The van der Waals surface area contributed by atoms with E-state index in [1.165, 1.54) is 18.5 Å². The van der Waals surface area contributed by atoms with Crippen molar-refractivity contribution >= 4 is 35.1 Å². The molecule has 1 aliphatic heterocycles. The number of halogens is 5. The van der Waals surface area contributed by atoms with Crippen LogP contribution in [0.4, 0.5) is 23.4 Å². The lowest BCUT2D eigenvalue weighted by molar-refractivity contribution is -0.159. The van der Waals surface area contributed by atoms with E-state index in [9.17, 15) is 23.1 Å². The van der Waals surface area contributed by atoms with Crippen LogP contribution in [0, 0.1) is 12.7 Å². The Bertz CT molecular complexity index is 1470. The fraction of sp³-hybridized carbons (Fsp3) is 0.292. The quantitative estimate of drug-likeness (QED) is 0.333. The Labute approximate surface area is 213 Å². The molecule has 194 valence electrons. The molecule has 0 atom stereocenters. The highest BCUT2D eigenvalue weighted by Crippen LogP contribution is 2.37. The van der Waals surface area contributed by atoms with Crippen molar-refractivity contribution in [2.75, 3.05) is 18.0 Å². The maximum Gasteiger partial charge on any atom is 0.471 e. The summed E-state index contributed by atoms with van der Waals surface area (Å²) in [5.41, 5.74) is 2.41. The maximum absolute atomic E-state index is 15.1. The molecule has 4 aromatic rings. The summed E-state index contributed by atoms with van der Waals surface area (Å²) in [4.78, 5) is 25.3. The number of carboxylic acid groups (broad SMARTS) is 1. The second-order valence-electron chi connectivity index (χ2n) is 8.57. The molecule has 0 radical (unpaired) electrons. The molecular weight excluding hydrogens is 518 g/mol. The van der Waals surface area contributed by atoms with Crippen LogP contribution >= 0.6 is 12.4 Å². The lowest BCUT2D eigenvalue weighted by Gasteiger charge is -2.32. The Hall–Kier alpha value is -3.80. The van der Waals surface area contributed by atoms with Crippen molar-refractivity contribution in [3.8, 4) is 11.1 Å². The minimum Gasteiger partial charge on any atom is -0.478 e. The summed E-state index contributed by atoms with van der Waals surface area (Å²) in [5.74, 6) is -2.87. The predicted octanol–water partition coefficient (Wildman–Crippen LogP) is 5.65. The molecule has 0 aliphatic carbocycles. The maximum atomic E-state index is 15.1. The number of anilines is 1. The van der Waals surface area contributed by atoms with Gasteiger partial charge in [0.2, 0.25) is 0 Å². The van der Waals surface area contributed by atoms with Gasteiger partial charge in [-0.2, -0.15) is 18.2 Å². The lowest BCUT2D eigenvalue weighted by Crippen LogP contribution is -2.34. The van der Waals surface area contributed by atoms with Crippen LogP contribution in [0.3, 0.4) is 0 Å². The van der Waals surface area contributed by atoms with Gasteiger partial charge in [0.1, 0.15) is 18.0 Å². The zero-order valence-corrected chi connectivity index (χ0v) is 20.1. The molecule has 1 N–H and O–H groups in total. The highest BCUT2D eigenvalue weighted by molar-refractivity contribution is 6.00. The van der Waals surface area contributed by atoms with Gasteiger partial charge in [0.05, 0.1) is 16.5 Å². The van der Waals surface area contributed by atoms with Crippen molar-refractivity contribution in [2.24, 2.45) is 0 Å². The van der Waals surface area contributed by atoms with Crippen LogP contribution in [0.5, 0.6) is 0 Å². The fourth-order valence-electron chi connectivity index (χ4n) is 4.53. The van der Waals surface area contributed by atoms with E-state index in [2.05, 4.69) is 24.6 Å². The molecule has 8 nitrogen and oxygen atoms in total. The molecule has 1 fully saturated rings. The van der Waals surface area contributed by atoms with Crippen LogP contribution in [0.15, 0.2) is 41.2 Å². The van der Waals surface area contributed by atoms with Crippen LogP contribution in [0.1, 0.15) is 46.4 Å². The Balaban J connectivity index is 0.00000320. The van der Waals surface area contributed by atoms with Gasteiger partial charge in [0.15, 0.2) is 5.82 Å². The molecule has 0 amide bonds. The summed E-state index contributed by atoms with van der Waals surface area (Å²) < 4.78 is 57.8. The Morgan fingerprint density at radius 3 is 2.49 bits per heavy atom. The molecule has 0 bridgehead atoms. The smallest absolute Gasteiger partial charge is 0.471 e. The van der Waals surface area contributed by atoms with Crippen molar-refractivity contribution in [3.05, 3.63) is 65.3 Å². The molecule has 0 unspecified atom stereocenters. The average Bonchev–Trinajstić information content (AvgIpc) is 3.35. The van der Waals surface area contributed by atoms with Gasteiger partial charge >= 0.3 is 18.0 Å². The first kappa shape index (κ1) is 26.3. The number of carbonyl (C=O) groups is 1. The van der Waals surface area contributed by atoms with Crippen molar-refractivity contribution in [2.45, 2.75) is 31.9 Å². The second-order valence-corrected chi connectivity index (χ2v) is 8.57. The zero-order valence-electron chi connectivity index (χ0n) is 19.3. The van der Waals surface area contributed by atoms with Gasteiger partial charge in [-0.15, -0.1) is 12.4 Å². The topological polar surface area (TPSA) is 105 Å². The lowest BCUT2D eigenvalue weighted by atomic mass is 9.95. The number of benzene rings is 2. The molecule has 1 saturated heterocycles. The number of rotatable bonds is 4. The summed E-state index contributed by atoms with van der Waals surface area (Å²) in [5, 5.41) is 13.0. The standard InChI is InChI=1S/C24H19F4N5O3.ClH/c1-12-10-14(2-3-15(12)22(34)35)16-4-5-17(25)18-19(16)29-11-30-21(18)33-8-6-13(7-9-33)20-31-23(36-32-20)24(26,27)28;/h2-5,10-11,13H,6-9H2,1H3,(H,34,35);1H. The van der Waals surface area contributed by atoms with Gasteiger partial charge < -0.3 is 14.5 Å². The number of hydrogen-bond donors (Lipinski definition) is 1. The number of carboxylic acids is 1. The first-order valence-electron chi connectivity index (χ1n) is 11.1. The number of aromatic nitrogens is 4. The molecule has 0 saturated carbocycles. The van der Waals surface area contributed by atoms with E-state index in [1.54, 1.807) is 25.1 Å². The number of nitrogens with zero attached hydrogens (tertiary/aromatic N) is 5. The summed E-state index contributed by atoms with van der Waals surface area (Å²) >= 11 is 0. The molecule has 1 aliphatic rings. The largest absolute Gasteiger partial charge is 0.478 e. The Morgan fingerprint density at radius 1 is 1.14 bits per heavy atom. The van der Waals surface area contributed by atoms with E-state index in [-0.39, 0.29) is 35.1 Å². The minimum absolute atomic E-state index is 0. The monoisotopic (exact) mass is 537 g/mol. The van der Waals surface area contributed by atoms with Crippen molar-refractivity contribution in [1.29, 1.82) is 0 Å². The van der Waals surface area contributed by atoms with Crippen LogP contribution in [-0.2, 0) is 6.18 Å². The van der Waals surface area contributed by atoms with E-state index in [0.717, 1.165) is 0 Å². The third-order valence-corrected chi connectivity index (χ3v) is 6.33. The molecular formula is C24H20ClF4N5O3. The van der Waals surface area contributed by atoms with E-state index in [0.29, 0.717) is 54.0 Å². The number of alkyl halides is 3. The minimum atomic E-state index is -4.70. The number of aryl methyl sites for hydroxylation is 1. The number of aromatic carboxylic acids is 1. The van der Waals surface area contributed by atoms with E-state index in [4.69, 9.17) is 0 Å². The van der Waals surface area contributed by atoms with Crippen LogP contribution in [-0.4, -0.2) is 44.3 Å². The highest BCUT2D eigenvalue weighted by atomic mass is 35.5. The summed E-state index contributed by atoms with van der Waals surface area (Å²) in [6.45, 7) is 2.47. The van der Waals surface area contributed by atoms with Crippen molar-refractivity contribution in [1.82, 2.24) is 20.1 Å². The van der Waals surface area contributed by atoms with Gasteiger partial charge in [0.25, 0.3) is 0 Å². The van der Waals surface area contributed by atoms with Gasteiger partial charge in [-0.25, -0.2) is 19.2 Å². The van der Waals surface area contributed by atoms with Gasteiger partial charge in [-0.05, 0) is 49.1 Å². The first-order chi connectivity index (χ1) is 17.1. The number of hydrogen-bond acceptors (Lipinski definition) is 7. The fourth-order valence-corrected chi connectivity index (χ4v) is 4.53. The third-order valence-electron chi connectivity index (χ3n) is 6.33. The summed E-state index contributed by atoms with van der Waals surface area (Å²) in [6.07, 6.45) is -2.51.